The quantitative estimate of drug-likeness (QED) is 0.452. The van der Waals surface area contributed by atoms with Crippen molar-refractivity contribution >= 4 is 35.0 Å². The van der Waals surface area contributed by atoms with E-state index in [-0.39, 0.29) is 25.0 Å². The summed E-state index contributed by atoms with van der Waals surface area (Å²) in [4.78, 5) is 27.5. The van der Waals surface area contributed by atoms with Crippen LogP contribution in [-0.2, 0) is 16.1 Å². The molecular formula is C24H30Cl2N2O3. The number of aryl methyl sites for hydroxylation is 1. The third-order valence-corrected chi connectivity index (χ3v) is 5.70. The van der Waals surface area contributed by atoms with Gasteiger partial charge in [0.15, 0.2) is 6.61 Å². The van der Waals surface area contributed by atoms with Crippen LogP contribution < -0.4 is 10.1 Å². The highest BCUT2D eigenvalue weighted by atomic mass is 35.5. The number of carbonyl (C=O) groups excluding carboxylic acids is 2. The monoisotopic (exact) mass is 464 g/mol. The molecular weight excluding hydrogens is 435 g/mol. The lowest BCUT2D eigenvalue weighted by molar-refractivity contribution is -0.143. The molecule has 1 unspecified atom stereocenters. The van der Waals surface area contributed by atoms with E-state index in [4.69, 9.17) is 27.9 Å². The first-order chi connectivity index (χ1) is 14.9. The number of halogens is 2. The number of amides is 2. The van der Waals surface area contributed by atoms with Gasteiger partial charge in [-0.2, -0.15) is 0 Å². The van der Waals surface area contributed by atoms with Gasteiger partial charge in [-0.15, -0.1) is 0 Å². The van der Waals surface area contributed by atoms with E-state index >= 15 is 0 Å². The minimum Gasteiger partial charge on any atom is -0.484 e. The van der Waals surface area contributed by atoms with Crippen LogP contribution in [0, 0.1) is 6.92 Å². The number of ether oxygens (including phenoxy) is 1. The van der Waals surface area contributed by atoms with E-state index < -0.39 is 6.04 Å². The van der Waals surface area contributed by atoms with Crippen LogP contribution in [0.25, 0.3) is 0 Å². The Balaban J connectivity index is 2.23. The molecule has 2 amide bonds. The van der Waals surface area contributed by atoms with Crippen molar-refractivity contribution in [1.29, 1.82) is 0 Å². The van der Waals surface area contributed by atoms with Gasteiger partial charge in [-0.1, -0.05) is 67.2 Å². The average Bonchev–Trinajstić information content (AvgIpc) is 2.75. The van der Waals surface area contributed by atoms with E-state index in [9.17, 15) is 9.59 Å². The highest BCUT2D eigenvalue weighted by Crippen LogP contribution is 2.27. The summed E-state index contributed by atoms with van der Waals surface area (Å²) in [5.41, 5.74) is 1.71. The summed E-state index contributed by atoms with van der Waals surface area (Å²) in [6, 6.07) is 12.0. The van der Waals surface area contributed by atoms with E-state index in [1.807, 2.05) is 38.1 Å². The Kier molecular flexibility index (Phi) is 10.2. The molecule has 168 valence electrons. The Hall–Kier alpha value is -2.24. The van der Waals surface area contributed by atoms with Gasteiger partial charge in [0.05, 0.1) is 0 Å². The van der Waals surface area contributed by atoms with Crippen molar-refractivity contribution in [1.82, 2.24) is 10.2 Å². The molecule has 0 aliphatic heterocycles. The number of hydrogen-bond donors (Lipinski definition) is 1. The normalized spacial score (nSPS) is 11.6. The predicted octanol–water partition coefficient (Wildman–Crippen LogP) is 5.40. The van der Waals surface area contributed by atoms with E-state index in [2.05, 4.69) is 12.2 Å². The first kappa shape index (κ1) is 25.0. The Labute approximate surface area is 194 Å². The number of rotatable bonds is 11. The van der Waals surface area contributed by atoms with E-state index in [0.717, 1.165) is 18.4 Å². The van der Waals surface area contributed by atoms with Gasteiger partial charge < -0.3 is 15.0 Å². The van der Waals surface area contributed by atoms with Gasteiger partial charge in [0, 0.05) is 28.7 Å². The molecule has 7 heteroatoms. The SMILES string of the molecule is CCCCNC(=O)C(CC)N(Cc1c(Cl)cccc1Cl)C(=O)COc1ccc(C)cc1. The van der Waals surface area contributed by atoms with Crippen molar-refractivity contribution in [2.24, 2.45) is 0 Å². The van der Waals surface area contributed by atoms with Crippen molar-refractivity contribution in [2.75, 3.05) is 13.2 Å². The van der Waals surface area contributed by atoms with Gasteiger partial charge in [0.1, 0.15) is 11.8 Å². The van der Waals surface area contributed by atoms with Crippen LogP contribution in [0.4, 0.5) is 0 Å². The molecule has 0 bridgehead atoms. The van der Waals surface area contributed by atoms with Crippen LogP contribution in [0.1, 0.15) is 44.2 Å². The van der Waals surface area contributed by atoms with Gasteiger partial charge in [-0.3, -0.25) is 9.59 Å². The molecule has 1 N–H and O–H groups in total. The maximum Gasteiger partial charge on any atom is 0.261 e. The fourth-order valence-corrected chi connectivity index (χ4v) is 3.66. The van der Waals surface area contributed by atoms with Crippen LogP contribution >= 0.6 is 23.2 Å². The van der Waals surface area contributed by atoms with E-state index in [1.165, 1.54) is 4.90 Å². The van der Waals surface area contributed by atoms with Crippen LogP contribution in [0.2, 0.25) is 10.0 Å². The van der Waals surface area contributed by atoms with Crippen molar-refractivity contribution in [3.63, 3.8) is 0 Å². The molecule has 5 nitrogen and oxygen atoms in total. The van der Waals surface area contributed by atoms with Gasteiger partial charge in [0.25, 0.3) is 5.91 Å². The van der Waals surface area contributed by atoms with Gasteiger partial charge >= 0.3 is 0 Å². The Morgan fingerprint density at radius 1 is 1.06 bits per heavy atom. The van der Waals surface area contributed by atoms with Crippen molar-refractivity contribution in [2.45, 2.75) is 52.6 Å². The highest BCUT2D eigenvalue weighted by molar-refractivity contribution is 6.36. The summed E-state index contributed by atoms with van der Waals surface area (Å²) in [6.07, 6.45) is 2.30. The number of carbonyl (C=O) groups is 2. The fourth-order valence-electron chi connectivity index (χ4n) is 3.14. The zero-order chi connectivity index (χ0) is 22.8. The molecule has 0 aromatic heterocycles. The third-order valence-electron chi connectivity index (χ3n) is 4.99. The zero-order valence-corrected chi connectivity index (χ0v) is 19.8. The van der Waals surface area contributed by atoms with Gasteiger partial charge in [0.2, 0.25) is 5.91 Å². The lowest BCUT2D eigenvalue weighted by Crippen LogP contribution is -2.50. The number of hydrogen-bond acceptors (Lipinski definition) is 3. The average molecular weight is 465 g/mol. The van der Waals surface area contributed by atoms with Crippen molar-refractivity contribution in [3.8, 4) is 5.75 Å². The standard InChI is InChI=1S/C24H30Cl2N2O3/c1-4-6-14-27-24(30)22(5-2)28(15-19-20(25)8-7-9-21(19)26)23(29)16-31-18-12-10-17(3)11-13-18/h7-13,22H,4-6,14-16H2,1-3H3,(H,27,30). The molecule has 0 aliphatic carbocycles. The molecule has 0 radical (unpaired) electrons. The molecule has 0 saturated heterocycles. The van der Waals surface area contributed by atoms with Crippen molar-refractivity contribution < 1.29 is 14.3 Å². The maximum absolute atomic E-state index is 13.2. The minimum atomic E-state index is -0.654. The topological polar surface area (TPSA) is 58.6 Å². The lowest BCUT2D eigenvalue weighted by atomic mass is 10.1. The zero-order valence-electron chi connectivity index (χ0n) is 18.3. The van der Waals surface area contributed by atoms with E-state index in [0.29, 0.717) is 34.3 Å². The first-order valence-corrected chi connectivity index (χ1v) is 11.3. The summed E-state index contributed by atoms with van der Waals surface area (Å²) in [7, 11) is 0. The largest absolute Gasteiger partial charge is 0.484 e. The molecule has 0 spiro atoms. The summed E-state index contributed by atoms with van der Waals surface area (Å²) in [6.45, 7) is 6.41. The molecule has 0 heterocycles. The maximum atomic E-state index is 13.2. The molecule has 0 fully saturated rings. The summed E-state index contributed by atoms with van der Waals surface area (Å²) < 4.78 is 5.69. The lowest BCUT2D eigenvalue weighted by Gasteiger charge is -2.31. The second-order valence-corrected chi connectivity index (χ2v) is 8.21. The molecule has 0 aliphatic rings. The third kappa shape index (κ3) is 7.44. The Bertz CT molecular complexity index is 851. The Morgan fingerprint density at radius 2 is 1.71 bits per heavy atom. The van der Waals surface area contributed by atoms with Crippen molar-refractivity contribution in [3.05, 3.63) is 63.6 Å². The van der Waals surface area contributed by atoms with Crippen LogP contribution in [0.3, 0.4) is 0 Å². The molecule has 2 rings (SSSR count). The molecule has 0 saturated carbocycles. The molecule has 2 aromatic rings. The minimum absolute atomic E-state index is 0.119. The van der Waals surface area contributed by atoms with Gasteiger partial charge in [-0.05, 0) is 44.0 Å². The van der Waals surface area contributed by atoms with E-state index in [1.54, 1.807) is 18.2 Å². The number of nitrogens with zero attached hydrogens (tertiary/aromatic N) is 1. The smallest absolute Gasteiger partial charge is 0.261 e. The highest BCUT2D eigenvalue weighted by Gasteiger charge is 2.29. The van der Waals surface area contributed by atoms with Crippen LogP contribution in [0.15, 0.2) is 42.5 Å². The van der Waals surface area contributed by atoms with Gasteiger partial charge in [-0.25, -0.2) is 0 Å². The predicted molar refractivity (Wildman–Crippen MR) is 126 cm³/mol. The molecule has 2 aromatic carbocycles. The molecule has 1 atom stereocenters. The summed E-state index contributed by atoms with van der Waals surface area (Å²) >= 11 is 12.7. The van der Waals surface area contributed by atoms with Crippen LogP contribution in [0.5, 0.6) is 5.75 Å². The summed E-state index contributed by atoms with van der Waals surface area (Å²) in [5.74, 6) is 0.0898. The Morgan fingerprint density at radius 3 is 2.29 bits per heavy atom. The summed E-state index contributed by atoms with van der Waals surface area (Å²) in [5, 5.41) is 3.83. The second-order valence-electron chi connectivity index (χ2n) is 7.39. The molecule has 31 heavy (non-hydrogen) atoms. The fraction of sp³-hybridized carbons (Fsp3) is 0.417. The second kappa shape index (κ2) is 12.6. The number of benzene rings is 2. The number of nitrogens with one attached hydrogen (secondary N) is 1. The number of unbranched alkanes of at least 4 members (excludes halogenated alkanes) is 1. The first-order valence-electron chi connectivity index (χ1n) is 10.6. The van der Waals surface area contributed by atoms with Crippen LogP contribution in [-0.4, -0.2) is 35.9 Å².